The fraction of sp³-hybridized carbons (Fsp3) is 0.286. The van der Waals surface area contributed by atoms with E-state index in [1.807, 2.05) is 48.5 Å². The first-order valence-electron chi connectivity index (χ1n) is 11.6. The van der Waals surface area contributed by atoms with E-state index in [9.17, 15) is 9.59 Å². The van der Waals surface area contributed by atoms with Crippen molar-refractivity contribution in [1.82, 2.24) is 0 Å². The molecule has 0 unspecified atom stereocenters. The summed E-state index contributed by atoms with van der Waals surface area (Å²) in [6.07, 6.45) is 1.63. The van der Waals surface area contributed by atoms with E-state index in [1.54, 1.807) is 6.92 Å². The summed E-state index contributed by atoms with van der Waals surface area (Å²) in [5.41, 5.74) is 5.47. The van der Waals surface area contributed by atoms with E-state index in [0.717, 1.165) is 52.2 Å². The van der Waals surface area contributed by atoms with Gasteiger partial charge in [0, 0.05) is 12.1 Å². The van der Waals surface area contributed by atoms with E-state index >= 15 is 0 Å². The number of amides is 1. The number of benzene rings is 3. The number of carbonyl (C=O) groups is 2. The molecular weight excluding hydrogens is 430 g/mol. The predicted molar refractivity (Wildman–Crippen MR) is 129 cm³/mol. The summed E-state index contributed by atoms with van der Waals surface area (Å²) < 4.78 is 15.9. The summed E-state index contributed by atoms with van der Waals surface area (Å²) in [7, 11) is 0. The molecule has 1 amide bonds. The first kappa shape index (κ1) is 22.0. The van der Waals surface area contributed by atoms with Gasteiger partial charge >= 0.3 is 6.09 Å². The maximum absolute atomic E-state index is 13.4. The van der Waals surface area contributed by atoms with Crippen LogP contribution in [-0.4, -0.2) is 25.3 Å². The lowest BCUT2D eigenvalue weighted by Gasteiger charge is -2.16. The zero-order valence-corrected chi connectivity index (χ0v) is 19.4. The van der Waals surface area contributed by atoms with Crippen molar-refractivity contribution in [3.8, 4) is 22.6 Å². The molecular formula is C28H27NO5. The molecule has 3 aromatic carbocycles. The first-order chi connectivity index (χ1) is 16.5. The van der Waals surface area contributed by atoms with Gasteiger partial charge in [-0.2, -0.15) is 0 Å². The molecule has 6 heteroatoms. The number of hydrogen-bond donors (Lipinski definition) is 1. The van der Waals surface area contributed by atoms with Crippen molar-refractivity contribution < 1.29 is 23.8 Å². The van der Waals surface area contributed by atoms with E-state index in [-0.39, 0.29) is 12.6 Å². The Kier molecular flexibility index (Phi) is 5.74. The molecule has 2 aliphatic rings. The van der Waals surface area contributed by atoms with Gasteiger partial charge in [0.05, 0.1) is 12.0 Å². The van der Waals surface area contributed by atoms with Gasteiger partial charge in [-0.1, -0.05) is 36.4 Å². The van der Waals surface area contributed by atoms with Crippen LogP contribution in [0.1, 0.15) is 36.5 Å². The van der Waals surface area contributed by atoms with Crippen molar-refractivity contribution in [3.05, 3.63) is 77.4 Å². The van der Waals surface area contributed by atoms with E-state index in [0.29, 0.717) is 18.7 Å². The van der Waals surface area contributed by atoms with Crippen LogP contribution in [0.5, 0.6) is 11.5 Å². The monoisotopic (exact) mass is 457 g/mol. The van der Waals surface area contributed by atoms with Gasteiger partial charge in [0.2, 0.25) is 6.79 Å². The van der Waals surface area contributed by atoms with E-state index in [1.165, 1.54) is 0 Å². The van der Waals surface area contributed by atoms with Crippen LogP contribution in [0.25, 0.3) is 11.1 Å². The number of ether oxygens (including phenoxy) is 3. The highest BCUT2D eigenvalue weighted by Crippen LogP contribution is 2.51. The van der Waals surface area contributed by atoms with Gasteiger partial charge in [0.15, 0.2) is 11.5 Å². The van der Waals surface area contributed by atoms with Gasteiger partial charge in [0.25, 0.3) is 0 Å². The SMILES string of the molecule is CCOC(=O)Nc1ccc(-c2cc(CC(=O)C3(c4ccc5c(c4)OCO5)CC3)ccc2C)cc1. The van der Waals surface area contributed by atoms with Crippen LogP contribution < -0.4 is 14.8 Å². The van der Waals surface area contributed by atoms with Crippen LogP contribution in [0.3, 0.4) is 0 Å². The van der Waals surface area contributed by atoms with Crippen LogP contribution in [0.4, 0.5) is 10.5 Å². The number of Topliss-reactive ketones (excluding diaryl/α,β-unsaturated/α-hetero) is 1. The molecule has 1 aliphatic heterocycles. The maximum Gasteiger partial charge on any atom is 0.411 e. The fourth-order valence-corrected chi connectivity index (χ4v) is 4.51. The zero-order valence-electron chi connectivity index (χ0n) is 19.4. The summed E-state index contributed by atoms with van der Waals surface area (Å²) in [4.78, 5) is 25.0. The van der Waals surface area contributed by atoms with Crippen molar-refractivity contribution in [2.24, 2.45) is 0 Å². The third kappa shape index (κ3) is 4.23. The van der Waals surface area contributed by atoms with Gasteiger partial charge in [-0.25, -0.2) is 4.79 Å². The lowest BCUT2D eigenvalue weighted by Crippen LogP contribution is -2.22. The molecule has 34 heavy (non-hydrogen) atoms. The number of ketones is 1. The van der Waals surface area contributed by atoms with Crippen LogP contribution in [0.2, 0.25) is 0 Å². The zero-order chi connectivity index (χ0) is 23.7. The van der Waals surface area contributed by atoms with Gasteiger partial charge in [-0.15, -0.1) is 0 Å². The van der Waals surface area contributed by atoms with Crippen molar-refractivity contribution in [3.63, 3.8) is 0 Å². The highest BCUT2D eigenvalue weighted by atomic mass is 16.7. The Morgan fingerprint density at radius 2 is 1.74 bits per heavy atom. The molecule has 0 bridgehead atoms. The minimum absolute atomic E-state index is 0.228. The van der Waals surface area contributed by atoms with Crippen molar-refractivity contribution in [1.29, 1.82) is 0 Å². The number of aryl methyl sites for hydroxylation is 1. The quantitative estimate of drug-likeness (QED) is 0.485. The molecule has 1 aliphatic carbocycles. The van der Waals surface area contributed by atoms with Crippen LogP contribution in [0.15, 0.2) is 60.7 Å². The summed E-state index contributed by atoms with van der Waals surface area (Å²) >= 11 is 0. The molecule has 1 N–H and O–H groups in total. The summed E-state index contributed by atoms with van der Waals surface area (Å²) in [5.74, 6) is 1.68. The largest absolute Gasteiger partial charge is 0.454 e. The second-order valence-electron chi connectivity index (χ2n) is 8.82. The van der Waals surface area contributed by atoms with Crippen LogP contribution in [-0.2, 0) is 21.4 Å². The molecule has 3 aromatic rings. The highest BCUT2D eigenvalue weighted by Gasteiger charge is 2.50. The number of rotatable bonds is 7. The Hall–Kier alpha value is -3.80. The summed E-state index contributed by atoms with van der Waals surface area (Å²) in [5, 5.41) is 2.71. The standard InChI is InChI=1S/C28H27NO5/c1-3-32-27(31)29-22-9-6-20(7-10-22)23-14-19(5-4-18(23)2)15-26(30)28(12-13-28)21-8-11-24-25(16-21)34-17-33-24/h4-11,14,16H,3,12-13,15,17H2,1-2H3,(H,29,31). The Morgan fingerprint density at radius 1 is 0.971 bits per heavy atom. The van der Waals surface area contributed by atoms with Gasteiger partial charge in [-0.05, 0) is 78.8 Å². The summed E-state index contributed by atoms with van der Waals surface area (Å²) in [6, 6.07) is 19.7. The maximum atomic E-state index is 13.4. The first-order valence-corrected chi connectivity index (χ1v) is 11.6. The van der Waals surface area contributed by atoms with E-state index < -0.39 is 11.5 Å². The summed E-state index contributed by atoms with van der Waals surface area (Å²) in [6.45, 7) is 4.38. The number of anilines is 1. The van der Waals surface area contributed by atoms with Gasteiger partial charge in [0.1, 0.15) is 5.78 Å². The molecule has 0 aromatic heterocycles. The second-order valence-corrected chi connectivity index (χ2v) is 8.82. The van der Waals surface area contributed by atoms with Crippen molar-refractivity contribution in [2.45, 2.75) is 38.5 Å². The Balaban J connectivity index is 1.33. The third-order valence-corrected chi connectivity index (χ3v) is 6.59. The Bertz CT molecular complexity index is 1240. The number of carbonyl (C=O) groups excluding carboxylic acids is 2. The molecule has 0 saturated heterocycles. The molecule has 0 spiro atoms. The van der Waals surface area contributed by atoms with Gasteiger partial charge in [-0.3, -0.25) is 10.1 Å². The van der Waals surface area contributed by atoms with Crippen molar-refractivity contribution in [2.75, 3.05) is 18.7 Å². The minimum atomic E-state index is -0.469. The topological polar surface area (TPSA) is 73.9 Å². The molecule has 1 saturated carbocycles. The fourth-order valence-electron chi connectivity index (χ4n) is 4.51. The predicted octanol–water partition coefficient (Wildman–Crippen LogP) is 5.80. The smallest absolute Gasteiger partial charge is 0.411 e. The molecule has 1 heterocycles. The van der Waals surface area contributed by atoms with Crippen LogP contribution in [0, 0.1) is 6.92 Å². The normalized spacial score (nSPS) is 15.0. The Morgan fingerprint density at radius 3 is 2.47 bits per heavy atom. The lowest BCUT2D eigenvalue weighted by molar-refractivity contribution is -0.120. The Labute approximate surface area is 198 Å². The minimum Gasteiger partial charge on any atom is -0.454 e. The average Bonchev–Trinajstić information content (AvgIpc) is 3.52. The number of hydrogen-bond acceptors (Lipinski definition) is 5. The highest BCUT2D eigenvalue weighted by molar-refractivity contribution is 5.95. The average molecular weight is 458 g/mol. The molecule has 0 atom stereocenters. The van der Waals surface area contributed by atoms with Crippen molar-refractivity contribution >= 4 is 17.6 Å². The number of nitrogens with one attached hydrogen (secondary N) is 1. The van der Waals surface area contributed by atoms with Crippen LogP contribution >= 0.6 is 0 Å². The lowest BCUT2D eigenvalue weighted by atomic mass is 9.87. The van der Waals surface area contributed by atoms with E-state index in [4.69, 9.17) is 14.2 Å². The molecule has 6 nitrogen and oxygen atoms in total. The van der Waals surface area contributed by atoms with E-state index in [2.05, 4.69) is 24.4 Å². The molecule has 1 fully saturated rings. The number of fused-ring (bicyclic) bond motifs is 1. The third-order valence-electron chi connectivity index (χ3n) is 6.59. The molecule has 0 radical (unpaired) electrons. The molecule has 174 valence electrons. The second kappa shape index (κ2) is 8.86. The van der Waals surface area contributed by atoms with Gasteiger partial charge < -0.3 is 14.2 Å². The molecule has 5 rings (SSSR count).